The van der Waals surface area contributed by atoms with Crippen LogP contribution >= 0.6 is 0 Å². The number of anilines is 1. The van der Waals surface area contributed by atoms with Crippen molar-refractivity contribution >= 4 is 11.7 Å². The standard InChI is InChI=1S/C17H20N2O/c1-14-8-6-7-11-16(14)19(17(20)18-2)13-12-15-9-4-3-5-10-15/h3-11H,12-13H2,1-2H3,(H,18,20). The van der Waals surface area contributed by atoms with Crippen LogP contribution in [0.25, 0.3) is 0 Å². The molecule has 2 aromatic carbocycles. The average molecular weight is 268 g/mol. The molecule has 0 atom stereocenters. The van der Waals surface area contributed by atoms with Gasteiger partial charge in [0, 0.05) is 19.3 Å². The molecule has 104 valence electrons. The fourth-order valence-electron chi connectivity index (χ4n) is 2.22. The molecule has 20 heavy (non-hydrogen) atoms. The normalized spacial score (nSPS) is 10.1. The topological polar surface area (TPSA) is 32.3 Å². The molecule has 2 rings (SSSR count). The van der Waals surface area contributed by atoms with Gasteiger partial charge in [0.2, 0.25) is 0 Å². The van der Waals surface area contributed by atoms with Crippen molar-refractivity contribution in [3.05, 3.63) is 65.7 Å². The maximum absolute atomic E-state index is 12.1. The fourth-order valence-corrected chi connectivity index (χ4v) is 2.22. The SMILES string of the molecule is CNC(=O)N(CCc1ccccc1)c1ccccc1C. The maximum atomic E-state index is 12.1. The zero-order chi connectivity index (χ0) is 14.4. The lowest BCUT2D eigenvalue weighted by atomic mass is 10.1. The molecular weight excluding hydrogens is 248 g/mol. The van der Waals surface area contributed by atoms with Crippen LogP contribution in [0.2, 0.25) is 0 Å². The lowest BCUT2D eigenvalue weighted by Crippen LogP contribution is -2.39. The van der Waals surface area contributed by atoms with Gasteiger partial charge in [-0.2, -0.15) is 0 Å². The van der Waals surface area contributed by atoms with Crippen LogP contribution in [0.5, 0.6) is 0 Å². The van der Waals surface area contributed by atoms with Crippen LogP contribution in [-0.2, 0) is 6.42 Å². The van der Waals surface area contributed by atoms with E-state index in [9.17, 15) is 4.79 Å². The molecule has 3 nitrogen and oxygen atoms in total. The monoisotopic (exact) mass is 268 g/mol. The Kier molecular flexibility index (Phi) is 4.77. The van der Waals surface area contributed by atoms with Gasteiger partial charge in [-0.15, -0.1) is 0 Å². The van der Waals surface area contributed by atoms with Gasteiger partial charge in [-0.3, -0.25) is 4.90 Å². The van der Waals surface area contributed by atoms with Crippen molar-refractivity contribution < 1.29 is 4.79 Å². The second-order valence-corrected chi connectivity index (χ2v) is 4.73. The van der Waals surface area contributed by atoms with E-state index in [1.807, 2.05) is 49.4 Å². The Morgan fingerprint density at radius 3 is 2.35 bits per heavy atom. The van der Waals surface area contributed by atoms with Crippen LogP contribution in [0.4, 0.5) is 10.5 Å². The molecule has 0 bridgehead atoms. The highest BCUT2D eigenvalue weighted by molar-refractivity contribution is 5.92. The third kappa shape index (κ3) is 3.38. The van der Waals surface area contributed by atoms with Gasteiger partial charge in [-0.1, -0.05) is 48.5 Å². The zero-order valence-electron chi connectivity index (χ0n) is 12.0. The Morgan fingerprint density at radius 2 is 1.70 bits per heavy atom. The highest BCUT2D eigenvalue weighted by atomic mass is 16.2. The second kappa shape index (κ2) is 6.75. The number of aryl methyl sites for hydroxylation is 1. The first kappa shape index (κ1) is 14.1. The van der Waals surface area contributed by atoms with E-state index in [0.717, 1.165) is 17.7 Å². The van der Waals surface area contributed by atoms with E-state index in [4.69, 9.17) is 0 Å². The number of carbonyl (C=O) groups is 1. The molecular formula is C17H20N2O. The average Bonchev–Trinajstić information content (AvgIpc) is 2.50. The highest BCUT2D eigenvalue weighted by Crippen LogP contribution is 2.20. The van der Waals surface area contributed by atoms with Crippen LogP contribution < -0.4 is 10.2 Å². The minimum absolute atomic E-state index is 0.0739. The van der Waals surface area contributed by atoms with Crippen molar-refractivity contribution in [1.82, 2.24) is 5.32 Å². The van der Waals surface area contributed by atoms with Gasteiger partial charge >= 0.3 is 6.03 Å². The lowest BCUT2D eigenvalue weighted by molar-refractivity contribution is 0.248. The summed E-state index contributed by atoms with van der Waals surface area (Å²) in [5.41, 5.74) is 3.29. The van der Waals surface area contributed by atoms with E-state index in [2.05, 4.69) is 17.4 Å². The number of carbonyl (C=O) groups excluding carboxylic acids is 1. The molecule has 0 saturated carbocycles. The molecule has 2 aromatic rings. The van der Waals surface area contributed by atoms with E-state index in [-0.39, 0.29) is 6.03 Å². The summed E-state index contributed by atoms with van der Waals surface area (Å²) in [6.45, 7) is 2.68. The minimum atomic E-state index is -0.0739. The van der Waals surface area contributed by atoms with Crippen LogP contribution in [-0.4, -0.2) is 19.6 Å². The maximum Gasteiger partial charge on any atom is 0.321 e. The Labute approximate surface area is 120 Å². The molecule has 0 heterocycles. The molecule has 3 heteroatoms. The second-order valence-electron chi connectivity index (χ2n) is 4.73. The molecule has 2 amide bonds. The van der Waals surface area contributed by atoms with Crippen LogP contribution in [0, 0.1) is 6.92 Å². The molecule has 0 aliphatic carbocycles. The van der Waals surface area contributed by atoms with E-state index >= 15 is 0 Å². The predicted molar refractivity (Wildman–Crippen MR) is 83.1 cm³/mol. The molecule has 0 aliphatic heterocycles. The smallest absolute Gasteiger partial charge is 0.321 e. The number of amides is 2. The molecule has 0 saturated heterocycles. The fraction of sp³-hybridized carbons (Fsp3) is 0.235. The third-order valence-corrected chi connectivity index (χ3v) is 3.33. The molecule has 1 N–H and O–H groups in total. The Hall–Kier alpha value is -2.29. The summed E-state index contributed by atoms with van der Waals surface area (Å²) in [6.07, 6.45) is 0.836. The van der Waals surface area contributed by atoms with E-state index < -0.39 is 0 Å². The summed E-state index contributed by atoms with van der Waals surface area (Å²) in [5, 5.41) is 2.71. The summed E-state index contributed by atoms with van der Waals surface area (Å²) in [4.78, 5) is 13.9. The van der Waals surface area contributed by atoms with Crippen LogP contribution in [0.1, 0.15) is 11.1 Å². The number of hydrogen-bond acceptors (Lipinski definition) is 1. The zero-order valence-corrected chi connectivity index (χ0v) is 12.0. The first-order valence-corrected chi connectivity index (χ1v) is 6.81. The first-order valence-electron chi connectivity index (χ1n) is 6.81. The van der Waals surface area contributed by atoms with Gasteiger partial charge < -0.3 is 5.32 Å². The van der Waals surface area contributed by atoms with Crippen molar-refractivity contribution in [3.8, 4) is 0 Å². The molecule has 0 radical (unpaired) electrons. The van der Waals surface area contributed by atoms with Crippen LogP contribution in [0.3, 0.4) is 0 Å². The molecule has 0 aromatic heterocycles. The Bertz CT molecular complexity index is 566. The third-order valence-electron chi connectivity index (χ3n) is 3.33. The highest BCUT2D eigenvalue weighted by Gasteiger charge is 2.15. The lowest BCUT2D eigenvalue weighted by Gasteiger charge is -2.24. The summed E-state index contributed by atoms with van der Waals surface area (Å²) in [5.74, 6) is 0. The number of nitrogens with zero attached hydrogens (tertiary/aromatic N) is 1. The number of nitrogens with one attached hydrogen (secondary N) is 1. The molecule has 0 unspecified atom stereocenters. The van der Waals surface area contributed by atoms with Crippen molar-refractivity contribution in [2.24, 2.45) is 0 Å². The first-order chi connectivity index (χ1) is 9.72. The summed E-state index contributed by atoms with van der Waals surface area (Å²) in [6, 6.07) is 18.1. The number of para-hydroxylation sites is 1. The Morgan fingerprint density at radius 1 is 1.05 bits per heavy atom. The molecule has 0 aliphatic rings. The quantitative estimate of drug-likeness (QED) is 0.905. The number of rotatable bonds is 4. The van der Waals surface area contributed by atoms with Gasteiger partial charge in [-0.05, 0) is 30.5 Å². The van der Waals surface area contributed by atoms with Gasteiger partial charge in [-0.25, -0.2) is 4.79 Å². The number of hydrogen-bond donors (Lipinski definition) is 1. The van der Waals surface area contributed by atoms with Crippen LogP contribution in [0.15, 0.2) is 54.6 Å². The summed E-state index contributed by atoms with van der Waals surface area (Å²) in [7, 11) is 1.66. The minimum Gasteiger partial charge on any atom is -0.341 e. The van der Waals surface area contributed by atoms with E-state index in [1.54, 1.807) is 11.9 Å². The largest absolute Gasteiger partial charge is 0.341 e. The van der Waals surface area contributed by atoms with E-state index in [0.29, 0.717) is 6.54 Å². The van der Waals surface area contributed by atoms with Crippen molar-refractivity contribution in [2.45, 2.75) is 13.3 Å². The Balaban J connectivity index is 2.17. The van der Waals surface area contributed by atoms with Gasteiger partial charge in [0.1, 0.15) is 0 Å². The number of benzene rings is 2. The van der Waals surface area contributed by atoms with Crippen molar-refractivity contribution in [2.75, 3.05) is 18.5 Å². The molecule has 0 spiro atoms. The summed E-state index contributed by atoms with van der Waals surface area (Å²) < 4.78 is 0. The molecule has 0 fully saturated rings. The van der Waals surface area contributed by atoms with Crippen molar-refractivity contribution in [3.63, 3.8) is 0 Å². The van der Waals surface area contributed by atoms with Gasteiger partial charge in [0.15, 0.2) is 0 Å². The van der Waals surface area contributed by atoms with Crippen molar-refractivity contribution in [1.29, 1.82) is 0 Å². The van der Waals surface area contributed by atoms with E-state index in [1.165, 1.54) is 5.56 Å². The number of urea groups is 1. The van der Waals surface area contributed by atoms with Gasteiger partial charge in [0.05, 0.1) is 0 Å². The summed E-state index contributed by atoms with van der Waals surface area (Å²) >= 11 is 0. The predicted octanol–water partition coefficient (Wildman–Crippen LogP) is 3.38. The van der Waals surface area contributed by atoms with Gasteiger partial charge in [0.25, 0.3) is 0 Å².